The first-order valence-corrected chi connectivity index (χ1v) is 9.56. The molecule has 0 fully saturated rings. The van der Waals surface area contributed by atoms with E-state index in [4.69, 9.17) is 0 Å². The van der Waals surface area contributed by atoms with Crippen molar-refractivity contribution in [2.24, 2.45) is 0 Å². The van der Waals surface area contributed by atoms with Crippen LogP contribution in [-0.2, 0) is 11.3 Å². The molecule has 3 rings (SSSR count). The van der Waals surface area contributed by atoms with E-state index in [0.717, 1.165) is 11.3 Å². The molecule has 6 heteroatoms. The van der Waals surface area contributed by atoms with Crippen LogP contribution in [0.3, 0.4) is 0 Å². The molecule has 1 amide bonds. The second-order valence-electron chi connectivity index (χ2n) is 6.28. The molecule has 0 spiro atoms. The number of rotatable bonds is 7. The van der Waals surface area contributed by atoms with Crippen LogP contribution in [0.25, 0.3) is 5.69 Å². The summed E-state index contributed by atoms with van der Waals surface area (Å²) in [7, 11) is 0. The maximum atomic E-state index is 12.1. The van der Waals surface area contributed by atoms with Gasteiger partial charge in [-0.05, 0) is 29.2 Å². The van der Waals surface area contributed by atoms with Crippen LogP contribution in [0.1, 0.15) is 30.9 Å². The van der Waals surface area contributed by atoms with E-state index in [0.29, 0.717) is 23.4 Å². The van der Waals surface area contributed by atoms with Crippen LogP contribution in [0.4, 0.5) is 0 Å². The van der Waals surface area contributed by atoms with Gasteiger partial charge in [0.15, 0.2) is 5.16 Å². The number of carbonyl (C=O) groups is 1. The monoisotopic (exact) mass is 366 g/mol. The lowest BCUT2D eigenvalue weighted by atomic mass is 10.0. The van der Waals surface area contributed by atoms with E-state index < -0.39 is 0 Å². The van der Waals surface area contributed by atoms with E-state index in [1.54, 1.807) is 6.33 Å². The van der Waals surface area contributed by atoms with Gasteiger partial charge in [0, 0.05) is 12.2 Å². The molecule has 0 saturated carbocycles. The third-order valence-corrected chi connectivity index (χ3v) is 4.96. The molecule has 1 N–H and O–H groups in total. The molecule has 0 aliphatic rings. The lowest BCUT2D eigenvalue weighted by Gasteiger charge is -2.09. The average Bonchev–Trinajstić information content (AvgIpc) is 3.14. The van der Waals surface area contributed by atoms with E-state index in [1.807, 2.05) is 34.9 Å². The maximum absolute atomic E-state index is 12.1. The summed E-state index contributed by atoms with van der Waals surface area (Å²) >= 11 is 1.38. The predicted molar refractivity (Wildman–Crippen MR) is 104 cm³/mol. The molecule has 134 valence electrons. The Kier molecular flexibility index (Phi) is 6.07. The van der Waals surface area contributed by atoms with E-state index in [9.17, 15) is 4.79 Å². The fraction of sp³-hybridized carbons (Fsp3) is 0.250. The van der Waals surface area contributed by atoms with Gasteiger partial charge in [-0.2, -0.15) is 0 Å². The highest BCUT2D eigenvalue weighted by atomic mass is 32.2. The number of nitrogens with zero attached hydrogens (tertiary/aromatic N) is 3. The normalized spacial score (nSPS) is 10.9. The standard InChI is InChI=1S/C20H22N4OS/c1-15(2)17-8-10-18(11-9-17)24-14-22-23-20(24)26-13-19(25)21-12-16-6-4-3-5-7-16/h3-11,14-15H,12-13H2,1-2H3,(H,21,25). The Balaban J connectivity index is 1.57. The van der Waals surface area contributed by atoms with Gasteiger partial charge in [-0.25, -0.2) is 0 Å². The molecule has 5 nitrogen and oxygen atoms in total. The fourth-order valence-electron chi connectivity index (χ4n) is 2.50. The quantitative estimate of drug-likeness (QED) is 0.646. The number of amides is 1. The topological polar surface area (TPSA) is 59.8 Å². The molecule has 0 aliphatic heterocycles. The summed E-state index contributed by atoms with van der Waals surface area (Å²) in [5.74, 6) is 0.769. The second-order valence-corrected chi connectivity index (χ2v) is 7.22. The minimum atomic E-state index is -0.0245. The molecule has 1 aromatic heterocycles. The fourth-order valence-corrected chi connectivity index (χ4v) is 3.26. The molecular formula is C20H22N4OS. The first-order chi connectivity index (χ1) is 12.6. The maximum Gasteiger partial charge on any atom is 0.230 e. The minimum Gasteiger partial charge on any atom is -0.351 e. The lowest BCUT2D eigenvalue weighted by Crippen LogP contribution is -2.24. The van der Waals surface area contributed by atoms with Gasteiger partial charge in [-0.3, -0.25) is 9.36 Å². The SMILES string of the molecule is CC(C)c1ccc(-n2cnnc2SCC(=O)NCc2ccccc2)cc1. The van der Waals surface area contributed by atoms with Gasteiger partial charge in [0.05, 0.1) is 5.75 Å². The van der Waals surface area contributed by atoms with Crippen molar-refractivity contribution in [1.29, 1.82) is 0 Å². The molecule has 0 aliphatic carbocycles. The summed E-state index contributed by atoms with van der Waals surface area (Å²) in [4.78, 5) is 12.1. The van der Waals surface area contributed by atoms with Gasteiger partial charge in [0.25, 0.3) is 0 Å². The van der Waals surface area contributed by atoms with E-state index in [1.165, 1.54) is 17.3 Å². The van der Waals surface area contributed by atoms with E-state index in [-0.39, 0.29) is 5.91 Å². The molecule has 0 radical (unpaired) electrons. The van der Waals surface area contributed by atoms with Crippen LogP contribution in [0.5, 0.6) is 0 Å². The van der Waals surface area contributed by atoms with Crippen molar-refractivity contribution in [2.75, 3.05) is 5.75 Å². The zero-order valence-electron chi connectivity index (χ0n) is 14.9. The Labute approximate surface area is 157 Å². The van der Waals surface area contributed by atoms with Crippen molar-refractivity contribution in [3.05, 3.63) is 72.1 Å². The van der Waals surface area contributed by atoms with Gasteiger partial charge in [-0.1, -0.05) is 68.1 Å². The zero-order valence-corrected chi connectivity index (χ0v) is 15.7. The van der Waals surface area contributed by atoms with Crippen molar-refractivity contribution >= 4 is 17.7 Å². The number of hydrogen-bond acceptors (Lipinski definition) is 4. The van der Waals surface area contributed by atoms with Gasteiger partial charge in [0.2, 0.25) is 5.91 Å². The minimum absolute atomic E-state index is 0.0245. The third-order valence-electron chi connectivity index (χ3n) is 4.02. The summed E-state index contributed by atoms with van der Waals surface area (Å²) in [6.07, 6.45) is 1.68. The number of nitrogens with one attached hydrogen (secondary N) is 1. The molecular weight excluding hydrogens is 344 g/mol. The molecule has 2 aromatic carbocycles. The van der Waals surface area contributed by atoms with E-state index in [2.05, 4.69) is 53.6 Å². The number of aromatic nitrogens is 3. The van der Waals surface area contributed by atoms with Gasteiger partial charge >= 0.3 is 0 Å². The van der Waals surface area contributed by atoms with Crippen molar-refractivity contribution < 1.29 is 4.79 Å². The Morgan fingerprint density at radius 1 is 1.12 bits per heavy atom. The lowest BCUT2D eigenvalue weighted by molar-refractivity contribution is -0.118. The Hall–Kier alpha value is -2.60. The summed E-state index contributed by atoms with van der Waals surface area (Å²) in [5.41, 5.74) is 3.36. The van der Waals surface area contributed by atoms with Crippen LogP contribution >= 0.6 is 11.8 Å². The molecule has 0 bridgehead atoms. The summed E-state index contributed by atoms with van der Waals surface area (Å²) in [5, 5.41) is 11.8. The van der Waals surface area contributed by atoms with Crippen LogP contribution in [0.2, 0.25) is 0 Å². The Morgan fingerprint density at radius 3 is 2.54 bits per heavy atom. The molecule has 26 heavy (non-hydrogen) atoms. The average molecular weight is 366 g/mol. The summed E-state index contributed by atoms with van der Waals surface area (Å²) in [6.45, 7) is 4.87. The largest absolute Gasteiger partial charge is 0.351 e. The zero-order chi connectivity index (χ0) is 18.4. The van der Waals surface area contributed by atoms with Crippen molar-refractivity contribution in [3.8, 4) is 5.69 Å². The van der Waals surface area contributed by atoms with Crippen LogP contribution < -0.4 is 5.32 Å². The summed E-state index contributed by atoms with van der Waals surface area (Å²) in [6, 6.07) is 18.2. The van der Waals surface area contributed by atoms with Crippen LogP contribution in [0, 0.1) is 0 Å². The van der Waals surface area contributed by atoms with Crippen molar-refractivity contribution in [1.82, 2.24) is 20.1 Å². The Morgan fingerprint density at radius 2 is 1.85 bits per heavy atom. The first-order valence-electron chi connectivity index (χ1n) is 8.57. The van der Waals surface area contributed by atoms with Gasteiger partial charge < -0.3 is 5.32 Å². The highest BCUT2D eigenvalue weighted by Gasteiger charge is 2.10. The molecule has 3 aromatic rings. The first kappa shape index (κ1) is 18.2. The molecule has 0 saturated heterocycles. The van der Waals surface area contributed by atoms with Crippen molar-refractivity contribution in [2.45, 2.75) is 31.5 Å². The van der Waals surface area contributed by atoms with Crippen LogP contribution in [0.15, 0.2) is 66.1 Å². The van der Waals surface area contributed by atoms with Crippen LogP contribution in [-0.4, -0.2) is 26.4 Å². The molecule has 0 atom stereocenters. The molecule has 0 unspecified atom stereocenters. The summed E-state index contributed by atoms with van der Waals surface area (Å²) < 4.78 is 1.90. The van der Waals surface area contributed by atoms with Gasteiger partial charge in [0.1, 0.15) is 6.33 Å². The number of benzene rings is 2. The van der Waals surface area contributed by atoms with Crippen molar-refractivity contribution in [3.63, 3.8) is 0 Å². The third kappa shape index (κ3) is 4.73. The Bertz CT molecular complexity index is 844. The van der Waals surface area contributed by atoms with E-state index >= 15 is 0 Å². The highest BCUT2D eigenvalue weighted by Crippen LogP contribution is 2.21. The number of hydrogen-bond donors (Lipinski definition) is 1. The number of thioether (sulfide) groups is 1. The second kappa shape index (κ2) is 8.67. The highest BCUT2D eigenvalue weighted by molar-refractivity contribution is 7.99. The molecule has 1 heterocycles. The number of carbonyl (C=O) groups excluding carboxylic acids is 1. The predicted octanol–water partition coefficient (Wildman–Crippen LogP) is 3.80. The smallest absolute Gasteiger partial charge is 0.230 e. The van der Waals surface area contributed by atoms with Gasteiger partial charge in [-0.15, -0.1) is 10.2 Å².